The zero-order chi connectivity index (χ0) is 10.6. The molecule has 1 fully saturated rings. The number of nitrogens with zero attached hydrogens (tertiary/aromatic N) is 1. The lowest BCUT2D eigenvalue weighted by atomic mass is 10.2. The van der Waals surface area contributed by atoms with Gasteiger partial charge in [-0.2, -0.15) is 11.8 Å². The summed E-state index contributed by atoms with van der Waals surface area (Å²) >= 11 is 1.81. The Morgan fingerprint density at radius 1 is 1.71 bits per heavy atom. The van der Waals surface area contributed by atoms with Crippen molar-refractivity contribution in [2.24, 2.45) is 0 Å². The summed E-state index contributed by atoms with van der Waals surface area (Å²) in [6.45, 7) is 5.71. The third-order valence-corrected chi connectivity index (χ3v) is 3.56. The molecule has 0 aromatic rings. The number of amides is 1. The molecule has 1 heterocycles. The summed E-state index contributed by atoms with van der Waals surface area (Å²) in [6, 6.07) is 0. The van der Waals surface area contributed by atoms with Crippen molar-refractivity contribution in [2.75, 3.05) is 19.3 Å². The van der Waals surface area contributed by atoms with Crippen LogP contribution in [0.25, 0.3) is 0 Å². The molecule has 0 saturated carbocycles. The van der Waals surface area contributed by atoms with E-state index in [0.29, 0.717) is 11.8 Å². The lowest BCUT2D eigenvalue weighted by Crippen LogP contribution is -2.40. The second-order valence-electron chi connectivity index (χ2n) is 3.78. The molecule has 2 atom stereocenters. The van der Waals surface area contributed by atoms with Gasteiger partial charge in [-0.05, 0) is 12.7 Å². The van der Waals surface area contributed by atoms with Crippen molar-refractivity contribution in [3.63, 3.8) is 0 Å². The first-order valence-electron chi connectivity index (χ1n) is 5.24. The summed E-state index contributed by atoms with van der Waals surface area (Å²) in [5, 5.41) is 3.78. The van der Waals surface area contributed by atoms with Crippen LogP contribution in [0.2, 0.25) is 0 Å². The first-order valence-corrected chi connectivity index (χ1v) is 6.53. The van der Waals surface area contributed by atoms with Crippen LogP contribution in [-0.4, -0.2) is 41.6 Å². The average molecular weight is 216 g/mol. The minimum absolute atomic E-state index is 0.254. The highest BCUT2D eigenvalue weighted by atomic mass is 32.2. The van der Waals surface area contributed by atoms with E-state index < -0.39 is 0 Å². The minimum Gasteiger partial charge on any atom is -0.325 e. The molecule has 1 aliphatic heterocycles. The maximum absolute atomic E-state index is 11.6. The summed E-state index contributed by atoms with van der Waals surface area (Å²) in [7, 11) is 0. The van der Waals surface area contributed by atoms with Crippen LogP contribution in [-0.2, 0) is 4.79 Å². The van der Waals surface area contributed by atoms with Crippen molar-refractivity contribution in [2.45, 2.75) is 38.1 Å². The fourth-order valence-electron chi connectivity index (χ4n) is 1.70. The van der Waals surface area contributed by atoms with Gasteiger partial charge >= 0.3 is 0 Å². The Kier molecular flexibility index (Phi) is 4.75. The van der Waals surface area contributed by atoms with E-state index in [1.165, 1.54) is 0 Å². The SMILES string of the molecule is CCCC1NCC(=O)N1CC(C)SC. The van der Waals surface area contributed by atoms with Crippen LogP contribution in [0.3, 0.4) is 0 Å². The molecule has 14 heavy (non-hydrogen) atoms. The molecule has 0 spiro atoms. The fraction of sp³-hybridized carbons (Fsp3) is 0.900. The van der Waals surface area contributed by atoms with Crippen LogP contribution in [0.1, 0.15) is 26.7 Å². The van der Waals surface area contributed by atoms with Gasteiger partial charge in [0, 0.05) is 11.8 Å². The standard InChI is InChI=1S/C10H20N2OS/c1-4-5-9-11-6-10(13)12(9)7-8(2)14-3/h8-9,11H,4-7H2,1-3H3. The number of thioether (sulfide) groups is 1. The fourth-order valence-corrected chi connectivity index (χ4v) is 2.01. The van der Waals surface area contributed by atoms with Crippen LogP contribution < -0.4 is 5.32 Å². The normalized spacial score (nSPS) is 24.4. The van der Waals surface area contributed by atoms with Crippen LogP contribution in [0, 0.1) is 0 Å². The summed E-state index contributed by atoms with van der Waals surface area (Å²) in [4.78, 5) is 13.6. The van der Waals surface area contributed by atoms with Gasteiger partial charge in [-0.25, -0.2) is 0 Å². The van der Waals surface area contributed by atoms with Gasteiger partial charge in [0.2, 0.25) is 5.91 Å². The monoisotopic (exact) mass is 216 g/mol. The number of carbonyl (C=O) groups excluding carboxylic acids is 1. The number of nitrogens with one attached hydrogen (secondary N) is 1. The molecule has 0 bridgehead atoms. The molecule has 1 aliphatic rings. The second kappa shape index (κ2) is 5.61. The number of carbonyl (C=O) groups is 1. The smallest absolute Gasteiger partial charge is 0.237 e. The minimum atomic E-state index is 0.254. The Hall–Kier alpha value is -0.220. The maximum Gasteiger partial charge on any atom is 0.237 e. The van der Waals surface area contributed by atoms with Crippen LogP contribution in [0.15, 0.2) is 0 Å². The molecule has 3 nitrogen and oxygen atoms in total. The zero-order valence-electron chi connectivity index (χ0n) is 9.25. The summed E-state index contributed by atoms with van der Waals surface area (Å²) < 4.78 is 0. The highest BCUT2D eigenvalue weighted by molar-refractivity contribution is 7.99. The van der Waals surface area contributed by atoms with Crippen LogP contribution in [0.5, 0.6) is 0 Å². The van der Waals surface area contributed by atoms with Gasteiger partial charge in [0.15, 0.2) is 0 Å². The van der Waals surface area contributed by atoms with E-state index in [4.69, 9.17) is 0 Å². The molecule has 82 valence electrons. The third-order valence-electron chi connectivity index (χ3n) is 2.60. The van der Waals surface area contributed by atoms with Crippen molar-refractivity contribution < 1.29 is 4.79 Å². The van der Waals surface area contributed by atoms with Gasteiger partial charge in [-0.15, -0.1) is 0 Å². The molecular weight excluding hydrogens is 196 g/mol. The van der Waals surface area contributed by atoms with Crippen molar-refractivity contribution >= 4 is 17.7 Å². The van der Waals surface area contributed by atoms with E-state index in [1.54, 1.807) is 0 Å². The van der Waals surface area contributed by atoms with Crippen LogP contribution >= 0.6 is 11.8 Å². The van der Waals surface area contributed by atoms with E-state index >= 15 is 0 Å². The van der Waals surface area contributed by atoms with E-state index in [1.807, 2.05) is 16.7 Å². The van der Waals surface area contributed by atoms with Crippen molar-refractivity contribution in [1.82, 2.24) is 10.2 Å². The van der Waals surface area contributed by atoms with Gasteiger partial charge in [0.25, 0.3) is 0 Å². The molecule has 1 N–H and O–H groups in total. The first-order chi connectivity index (χ1) is 6.69. The molecular formula is C10H20N2OS. The predicted octanol–water partition coefficient (Wildman–Crippen LogP) is 1.30. The average Bonchev–Trinajstić information content (AvgIpc) is 2.50. The van der Waals surface area contributed by atoms with Gasteiger partial charge in [-0.1, -0.05) is 20.3 Å². The van der Waals surface area contributed by atoms with Gasteiger partial charge < -0.3 is 4.90 Å². The van der Waals surface area contributed by atoms with Gasteiger partial charge in [0.1, 0.15) is 0 Å². The number of hydrogen-bond donors (Lipinski definition) is 1. The summed E-state index contributed by atoms with van der Waals surface area (Å²) in [5.41, 5.74) is 0. The van der Waals surface area contributed by atoms with E-state index in [2.05, 4.69) is 25.4 Å². The zero-order valence-corrected chi connectivity index (χ0v) is 10.1. The van der Waals surface area contributed by atoms with Gasteiger partial charge in [-0.3, -0.25) is 10.1 Å². The second-order valence-corrected chi connectivity index (χ2v) is 5.05. The Morgan fingerprint density at radius 3 is 3.00 bits per heavy atom. The van der Waals surface area contributed by atoms with Crippen molar-refractivity contribution in [3.05, 3.63) is 0 Å². The lowest BCUT2D eigenvalue weighted by Gasteiger charge is -2.26. The van der Waals surface area contributed by atoms with Crippen molar-refractivity contribution in [3.8, 4) is 0 Å². The highest BCUT2D eigenvalue weighted by Gasteiger charge is 2.30. The van der Waals surface area contributed by atoms with E-state index in [9.17, 15) is 4.79 Å². The molecule has 0 aliphatic carbocycles. The van der Waals surface area contributed by atoms with Crippen LogP contribution in [0.4, 0.5) is 0 Å². The molecule has 2 unspecified atom stereocenters. The Bertz CT molecular complexity index is 199. The molecule has 0 radical (unpaired) electrons. The van der Waals surface area contributed by atoms with E-state index in [-0.39, 0.29) is 12.1 Å². The lowest BCUT2D eigenvalue weighted by molar-refractivity contribution is -0.128. The number of hydrogen-bond acceptors (Lipinski definition) is 3. The van der Waals surface area contributed by atoms with E-state index in [0.717, 1.165) is 19.4 Å². The summed E-state index contributed by atoms with van der Waals surface area (Å²) in [5.74, 6) is 0.254. The Morgan fingerprint density at radius 2 is 2.43 bits per heavy atom. The molecule has 1 saturated heterocycles. The summed E-state index contributed by atoms with van der Waals surface area (Å²) in [6.07, 6.45) is 4.55. The predicted molar refractivity (Wildman–Crippen MR) is 61.4 cm³/mol. The van der Waals surface area contributed by atoms with Gasteiger partial charge in [0.05, 0.1) is 12.7 Å². The maximum atomic E-state index is 11.6. The quantitative estimate of drug-likeness (QED) is 0.752. The molecule has 1 rings (SSSR count). The Labute approximate surface area is 90.6 Å². The third kappa shape index (κ3) is 2.89. The Balaban J connectivity index is 2.48. The van der Waals surface area contributed by atoms with Crippen molar-refractivity contribution in [1.29, 1.82) is 0 Å². The largest absolute Gasteiger partial charge is 0.325 e. The molecule has 1 amide bonds. The first kappa shape index (κ1) is 11.9. The molecule has 4 heteroatoms. The highest BCUT2D eigenvalue weighted by Crippen LogP contribution is 2.15. The molecule has 0 aromatic heterocycles. The molecule has 0 aromatic carbocycles. The number of rotatable bonds is 5. The topological polar surface area (TPSA) is 32.3 Å².